The van der Waals surface area contributed by atoms with Crippen LogP contribution in [0.5, 0.6) is 0 Å². The maximum atomic E-state index is 4.46. The summed E-state index contributed by atoms with van der Waals surface area (Å²) in [5.41, 5.74) is 1.25. The van der Waals surface area contributed by atoms with E-state index in [2.05, 4.69) is 28.9 Å². The monoisotopic (exact) mass is 204 g/mol. The average Bonchev–Trinajstić information content (AvgIpc) is 2.80. The van der Waals surface area contributed by atoms with Crippen LogP contribution in [0.3, 0.4) is 0 Å². The quantitative estimate of drug-likeness (QED) is 0.699. The standard InChI is InChI=1S/C11H14N2.C2H6/c1-8-2-3-11(12-6-8)13-7-9-4-10(13)5-9;1-2/h2-3,6,9-10H,4-5,7H2,1H3;1-2H3. The molecule has 3 heterocycles. The minimum absolute atomic E-state index is 0.806. The number of aromatic nitrogens is 1. The molecule has 1 aromatic rings. The predicted molar refractivity (Wildman–Crippen MR) is 64.2 cm³/mol. The summed E-state index contributed by atoms with van der Waals surface area (Å²) < 4.78 is 0. The number of fused-ring (bicyclic) bond motifs is 1. The van der Waals surface area contributed by atoms with Gasteiger partial charge in [-0.1, -0.05) is 19.9 Å². The first-order chi connectivity index (χ1) is 7.33. The van der Waals surface area contributed by atoms with Gasteiger partial charge in [0.25, 0.3) is 0 Å². The van der Waals surface area contributed by atoms with E-state index < -0.39 is 0 Å². The fraction of sp³-hybridized carbons (Fsp3) is 0.615. The third-order valence-electron chi connectivity index (χ3n) is 3.30. The summed E-state index contributed by atoms with van der Waals surface area (Å²) in [7, 11) is 0. The largest absolute Gasteiger partial charge is 0.353 e. The van der Waals surface area contributed by atoms with Crippen molar-refractivity contribution in [2.45, 2.75) is 39.7 Å². The van der Waals surface area contributed by atoms with Gasteiger partial charge >= 0.3 is 0 Å². The summed E-state index contributed by atoms with van der Waals surface area (Å²) in [4.78, 5) is 6.93. The third-order valence-corrected chi connectivity index (χ3v) is 3.30. The minimum atomic E-state index is 0.806. The predicted octanol–water partition coefficient (Wildman–Crippen LogP) is 3.01. The van der Waals surface area contributed by atoms with E-state index in [1.165, 1.54) is 30.8 Å². The van der Waals surface area contributed by atoms with Crippen LogP contribution in [0.25, 0.3) is 0 Å². The van der Waals surface area contributed by atoms with Gasteiger partial charge < -0.3 is 4.90 Å². The number of pyridine rings is 1. The first kappa shape index (κ1) is 10.5. The molecule has 82 valence electrons. The van der Waals surface area contributed by atoms with Crippen molar-refractivity contribution in [1.82, 2.24) is 4.98 Å². The van der Waals surface area contributed by atoms with E-state index in [9.17, 15) is 0 Å². The minimum Gasteiger partial charge on any atom is -0.353 e. The van der Waals surface area contributed by atoms with Crippen molar-refractivity contribution in [2.24, 2.45) is 5.92 Å². The van der Waals surface area contributed by atoms with Crippen molar-refractivity contribution in [1.29, 1.82) is 0 Å². The highest BCUT2D eigenvalue weighted by Gasteiger charge is 2.42. The molecule has 4 rings (SSSR count). The Labute approximate surface area is 92.3 Å². The SMILES string of the molecule is CC.Cc1ccc(N2CC3CC2C3)nc1. The van der Waals surface area contributed by atoms with Crippen LogP contribution in [0.4, 0.5) is 5.82 Å². The van der Waals surface area contributed by atoms with Crippen LogP contribution in [-0.2, 0) is 0 Å². The first-order valence-corrected chi connectivity index (χ1v) is 6.02. The molecule has 0 atom stereocenters. The molecule has 0 unspecified atom stereocenters. The molecular formula is C13H20N2. The van der Waals surface area contributed by atoms with E-state index in [1.54, 1.807) is 0 Å². The Morgan fingerprint density at radius 2 is 2.00 bits per heavy atom. The summed E-state index contributed by atoms with van der Waals surface area (Å²) in [6.07, 6.45) is 4.76. The zero-order valence-electron chi connectivity index (χ0n) is 9.90. The number of rotatable bonds is 1. The molecule has 3 aliphatic rings. The van der Waals surface area contributed by atoms with Gasteiger partial charge in [-0.15, -0.1) is 0 Å². The first-order valence-electron chi connectivity index (χ1n) is 6.02. The lowest BCUT2D eigenvalue weighted by Crippen LogP contribution is -2.29. The van der Waals surface area contributed by atoms with Gasteiger partial charge in [0, 0.05) is 18.8 Å². The molecule has 0 amide bonds. The zero-order valence-corrected chi connectivity index (χ0v) is 9.90. The lowest BCUT2D eigenvalue weighted by molar-refractivity contribution is 0.380. The van der Waals surface area contributed by atoms with E-state index in [0.717, 1.165) is 12.0 Å². The van der Waals surface area contributed by atoms with Crippen molar-refractivity contribution >= 4 is 5.82 Å². The molecule has 1 saturated carbocycles. The van der Waals surface area contributed by atoms with E-state index >= 15 is 0 Å². The van der Waals surface area contributed by atoms with Crippen molar-refractivity contribution in [3.05, 3.63) is 23.9 Å². The third kappa shape index (κ3) is 1.85. The van der Waals surface area contributed by atoms with Crippen molar-refractivity contribution in [3.63, 3.8) is 0 Å². The van der Waals surface area contributed by atoms with Gasteiger partial charge in [-0.3, -0.25) is 0 Å². The molecule has 0 radical (unpaired) electrons. The average molecular weight is 204 g/mol. The maximum absolute atomic E-state index is 4.46. The fourth-order valence-electron chi connectivity index (χ4n) is 2.44. The van der Waals surface area contributed by atoms with Gasteiger partial charge in [0.05, 0.1) is 0 Å². The molecule has 3 fully saturated rings. The zero-order chi connectivity index (χ0) is 10.8. The van der Waals surface area contributed by atoms with Gasteiger partial charge in [0.1, 0.15) is 5.82 Å². The number of hydrogen-bond acceptors (Lipinski definition) is 2. The lowest BCUT2D eigenvalue weighted by atomic mass is 9.86. The second kappa shape index (κ2) is 4.21. The highest BCUT2D eigenvalue weighted by atomic mass is 15.3. The second-order valence-corrected chi connectivity index (χ2v) is 4.34. The Bertz CT molecular complexity index is 312. The van der Waals surface area contributed by atoms with E-state index in [4.69, 9.17) is 0 Å². The van der Waals surface area contributed by atoms with Crippen LogP contribution < -0.4 is 4.90 Å². The highest BCUT2D eigenvalue weighted by molar-refractivity contribution is 5.44. The Hall–Kier alpha value is -1.05. The van der Waals surface area contributed by atoms with Gasteiger partial charge in [-0.05, 0) is 37.3 Å². The van der Waals surface area contributed by atoms with Crippen molar-refractivity contribution in [3.8, 4) is 0 Å². The van der Waals surface area contributed by atoms with E-state index in [1.807, 2.05) is 20.0 Å². The van der Waals surface area contributed by atoms with Crippen LogP contribution in [-0.4, -0.2) is 17.6 Å². The lowest BCUT2D eigenvalue weighted by Gasteiger charge is -2.26. The van der Waals surface area contributed by atoms with Crippen LogP contribution in [0.1, 0.15) is 32.3 Å². The molecule has 2 saturated heterocycles. The van der Waals surface area contributed by atoms with Crippen LogP contribution in [0.2, 0.25) is 0 Å². The van der Waals surface area contributed by atoms with E-state index in [-0.39, 0.29) is 0 Å². The number of nitrogens with zero attached hydrogens (tertiary/aromatic N) is 2. The van der Waals surface area contributed by atoms with Crippen LogP contribution in [0.15, 0.2) is 18.3 Å². The maximum Gasteiger partial charge on any atom is 0.128 e. The normalized spacial score (nSPS) is 26.7. The summed E-state index contributed by atoms with van der Waals surface area (Å²) in [5, 5.41) is 0. The Balaban J connectivity index is 0.000000404. The number of aryl methyl sites for hydroxylation is 1. The Morgan fingerprint density at radius 1 is 1.27 bits per heavy atom. The molecule has 2 bridgehead atoms. The molecule has 0 spiro atoms. The highest BCUT2D eigenvalue weighted by Crippen LogP contribution is 2.42. The van der Waals surface area contributed by atoms with Gasteiger partial charge in [-0.2, -0.15) is 0 Å². The topological polar surface area (TPSA) is 16.1 Å². The second-order valence-electron chi connectivity index (χ2n) is 4.34. The molecule has 2 aliphatic heterocycles. The Morgan fingerprint density at radius 3 is 2.47 bits per heavy atom. The molecular weight excluding hydrogens is 184 g/mol. The number of anilines is 1. The summed E-state index contributed by atoms with van der Waals surface area (Å²) in [6, 6.07) is 5.11. The van der Waals surface area contributed by atoms with Crippen LogP contribution >= 0.6 is 0 Å². The summed E-state index contributed by atoms with van der Waals surface area (Å²) in [6.45, 7) is 7.32. The smallest absolute Gasteiger partial charge is 0.128 e. The molecule has 2 heteroatoms. The van der Waals surface area contributed by atoms with Crippen molar-refractivity contribution in [2.75, 3.05) is 11.4 Å². The van der Waals surface area contributed by atoms with Crippen molar-refractivity contribution < 1.29 is 0 Å². The molecule has 0 aromatic carbocycles. The molecule has 0 N–H and O–H groups in total. The van der Waals surface area contributed by atoms with Gasteiger partial charge in [0.2, 0.25) is 0 Å². The Kier molecular flexibility index (Phi) is 2.94. The number of hydrogen-bond donors (Lipinski definition) is 0. The fourth-order valence-corrected chi connectivity index (χ4v) is 2.44. The summed E-state index contributed by atoms with van der Waals surface area (Å²) in [5.74, 6) is 2.14. The molecule has 1 aliphatic carbocycles. The van der Waals surface area contributed by atoms with Gasteiger partial charge in [-0.25, -0.2) is 4.98 Å². The summed E-state index contributed by atoms with van der Waals surface area (Å²) >= 11 is 0. The van der Waals surface area contributed by atoms with Crippen LogP contribution in [0, 0.1) is 12.8 Å². The molecule has 15 heavy (non-hydrogen) atoms. The molecule has 2 nitrogen and oxygen atoms in total. The van der Waals surface area contributed by atoms with E-state index in [0.29, 0.717) is 0 Å². The molecule has 1 aromatic heterocycles. The van der Waals surface area contributed by atoms with Gasteiger partial charge in [0.15, 0.2) is 0 Å².